The van der Waals surface area contributed by atoms with Crippen molar-refractivity contribution in [2.24, 2.45) is 5.73 Å². The fraction of sp³-hybridized carbons (Fsp3) is 0.286. The lowest BCUT2D eigenvalue weighted by Crippen LogP contribution is -2.35. The van der Waals surface area contributed by atoms with Gasteiger partial charge in [-0.15, -0.1) is 0 Å². The summed E-state index contributed by atoms with van der Waals surface area (Å²) in [5, 5.41) is 0. The minimum atomic E-state index is -0.307. The Hall–Kier alpha value is -2.14. The number of imide groups is 1. The number of ether oxygens (including phenoxy) is 1. The summed E-state index contributed by atoms with van der Waals surface area (Å²) in [4.78, 5) is 25.0. The van der Waals surface area contributed by atoms with E-state index < -0.39 is 0 Å². The number of nitrogens with zero attached hydrogens (tertiary/aromatic N) is 1. The summed E-state index contributed by atoms with van der Waals surface area (Å²) in [6.07, 6.45) is 1.36. The summed E-state index contributed by atoms with van der Waals surface area (Å²) in [5.74, 6) is 0.152. The summed E-state index contributed by atoms with van der Waals surface area (Å²) >= 11 is 0. The molecule has 2 amide bonds. The number of carbonyl (C=O) groups is 2. The van der Waals surface area contributed by atoms with Crippen molar-refractivity contribution < 1.29 is 14.3 Å². The van der Waals surface area contributed by atoms with Crippen molar-refractivity contribution in [3.63, 3.8) is 0 Å². The zero-order valence-electron chi connectivity index (χ0n) is 11.0. The van der Waals surface area contributed by atoms with E-state index >= 15 is 0 Å². The second kappa shape index (κ2) is 5.24. The SMILES string of the molecule is COc1ccc(C2=CC(=O)N(CCN)C2=O)cc1C. The second-order valence-electron chi connectivity index (χ2n) is 4.33. The number of carbonyl (C=O) groups excluding carboxylic acids is 2. The number of benzene rings is 1. The van der Waals surface area contributed by atoms with E-state index in [2.05, 4.69) is 0 Å². The molecular weight excluding hydrogens is 244 g/mol. The lowest BCUT2D eigenvalue weighted by Gasteiger charge is -2.13. The average molecular weight is 260 g/mol. The first kappa shape index (κ1) is 13.3. The number of rotatable bonds is 4. The molecule has 5 nitrogen and oxygen atoms in total. The highest BCUT2D eigenvalue weighted by Gasteiger charge is 2.31. The Balaban J connectivity index is 2.33. The van der Waals surface area contributed by atoms with Gasteiger partial charge in [-0.1, -0.05) is 6.07 Å². The van der Waals surface area contributed by atoms with Crippen LogP contribution in [0.3, 0.4) is 0 Å². The molecule has 0 atom stereocenters. The van der Waals surface area contributed by atoms with Gasteiger partial charge in [-0.2, -0.15) is 0 Å². The number of nitrogens with two attached hydrogens (primary N) is 1. The minimum Gasteiger partial charge on any atom is -0.496 e. The number of amides is 2. The molecule has 0 saturated heterocycles. The Morgan fingerprint density at radius 3 is 2.63 bits per heavy atom. The van der Waals surface area contributed by atoms with E-state index in [0.29, 0.717) is 5.57 Å². The molecule has 0 aromatic heterocycles. The van der Waals surface area contributed by atoms with E-state index in [1.165, 1.54) is 6.08 Å². The van der Waals surface area contributed by atoms with Gasteiger partial charge in [0, 0.05) is 19.2 Å². The predicted octanol–water partition coefficient (Wildman–Crippen LogP) is 0.715. The van der Waals surface area contributed by atoms with Crippen LogP contribution in [-0.4, -0.2) is 36.9 Å². The quantitative estimate of drug-likeness (QED) is 0.809. The van der Waals surface area contributed by atoms with Gasteiger partial charge < -0.3 is 10.5 Å². The molecule has 1 aliphatic heterocycles. The Bertz CT molecular complexity index is 564. The van der Waals surface area contributed by atoms with E-state index in [4.69, 9.17) is 10.5 Å². The maximum atomic E-state index is 12.1. The molecule has 0 aliphatic carbocycles. The lowest BCUT2D eigenvalue weighted by molar-refractivity contribution is -0.136. The molecule has 0 saturated carbocycles. The smallest absolute Gasteiger partial charge is 0.261 e. The van der Waals surface area contributed by atoms with Crippen molar-refractivity contribution in [3.05, 3.63) is 35.4 Å². The average Bonchev–Trinajstić information content (AvgIpc) is 2.67. The van der Waals surface area contributed by atoms with Gasteiger partial charge in [0.15, 0.2) is 0 Å². The zero-order valence-corrected chi connectivity index (χ0v) is 11.0. The van der Waals surface area contributed by atoms with Gasteiger partial charge in [0.25, 0.3) is 11.8 Å². The van der Waals surface area contributed by atoms with Crippen LogP contribution in [-0.2, 0) is 9.59 Å². The van der Waals surface area contributed by atoms with Crippen LogP contribution in [0.4, 0.5) is 0 Å². The highest BCUT2D eigenvalue weighted by Crippen LogP contribution is 2.27. The van der Waals surface area contributed by atoms with E-state index in [9.17, 15) is 9.59 Å². The summed E-state index contributed by atoms with van der Waals surface area (Å²) in [6, 6.07) is 5.39. The van der Waals surface area contributed by atoms with Gasteiger partial charge in [0.05, 0.1) is 12.7 Å². The van der Waals surface area contributed by atoms with Gasteiger partial charge in [-0.05, 0) is 30.2 Å². The van der Waals surface area contributed by atoms with E-state index in [-0.39, 0.29) is 24.9 Å². The van der Waals surface area contributed by atoms with Crippen molar-refractivity contribution in [3.8, 4) is 5.75 Å². The Kier molecular flexibility index (Phi) is 3.66. The molecule has 19 heavy (non-hydrogen) atoms. The molecule has 100 valence electrons. The first-order chi connectivity index (χ1) is 9.08. The molecule has 1 aromatic rings. The van der Waals surface area contributed by atoms with Gasteiger partial charge in [-0.3, -0.25) is 14.5 Å². The third kappa shape index (κ3) is 2.37. The molecular formula is C14H16N2O3. The predicted molar refractivity (Wildman–Crippen MR) is 71.5 cm³/mol. The zero-order chi connectivity index (χ0) is 14.0. The standard InChI is InChI=1S/C14H16N2O3/c1-9-7-10(3-4-12(9)19-2)11-8-13(17)16(6-5-15)14(11)18/h3-4,7-8H,5-6,15H2,1-2H3. The maximum Gasteiger partial charge on any atom is 0.261 e. The molecule has 0 unspecified atom stereocenters. The third-order valence-electron chi connectivity index (χ3n) is 3.07. The second-order valence-corrected chi connectivity index (χ2v) is 4.33. The molecule has 5 heteroatoms. The molecule has 1 aromatic carbocycles. The van der Waals surface area contributed by atoms with Crippen molar-refractivity contribution in [1.82, 2.24) is 4.90 Å². The van der Waals surface area contributed by atoms with Crippen LogP contribution in [0.15, 0.2) is 24.3 Å². The fourth-order valence-electron chi connectivity index (χ4n) is 2.10. The van der Waals surface area contributed by atoms with Crippen LogP contribution in [0.1, 0.15) is 11.1 Å². The summed E-state index contributed by atoms with van der Waals surface area (Å²) in [5.41, 5.74) is 7.43. The minimum absolute atomic E-state index is 0.243. The van der Waals surface area contributed by atoms with Gasteiger partial charge in [-0.25, -0.2) is 0 Å². The van der Waals surface area contributed by atoms with Crippen molar-refractivity contribution in [2.75, 3.05) is 20.2 Å². The van der Waals surface area contributed by atoms with E-state index in [0.717, 1.165) is 21.8 Å². The largest absolute Gasteiger partial charge is 0.496 e. The molecule has 0 fully saturated rings. The van der Waals surface area contributed by atoms with Crippen molar-refractivity contribution >= 4 is 17.4 Å². The summed E-state index contributed by atoms with van der Waals surface area (Å²) in [6.45, 7) is 2.40. The molecule has 0 radical (unpaired) electrons. The van der Waals surface area contributed by atoms with Crippen LogP contribution in [0.5, 0.6) is 5.75 Å². The molecule has 1 aliphatic rings. The lowest BCUT2D eigenvalue weighted by atomic mass is 10.0. The molecule has 0 bridgehead atoms. The van der Waals surface area contributed by atoms with E-state index in [1.807, 2.05) is 13.0 Å². The van der Waals surface area contributed by atoms with Gasteiger partial charge in [0.2, 0.25) is 0 Å². The summed E-state index contributed by atoms with van der Waals surface area (Å²) < 4.78 is 5.17. The van der Waals surface area contributed by atoms with Crippen LogP contribution in [0, 0.1) is 6.92 Å². The van der Waals surface area contributed by atoms with Crippen LogP contribution < -0.4 is 10.5 Å². The molecule has 2 rings (SSSR count). The topological polar surface area (TPSA) is 72.6 Å². The number of methoxy groups -OCH3 is 1. The summed E-state index contributed by atoms with van der Waals surface area (Å²) in [7, 11) is 1.59. The number of hydrogen-bond acceptors (Lipinski definition) is 4. The van der Waals surface area contributed by atoms with Crippen LogP contribution in [0.2, 0.25) is 0 Å². The Morgan fingerprint density at radius 2 is 2.05 bits per heavy atom. The third-order valence-corrected chi connectivity index (χ3v) is 3.07. The normalized spacial score (nSPS) is 14.9. The Labute approximate surface area is 111 Å². The van der Waals surface area contributed by atoms with Crippen LogP contribution >= 0.6 is 0 Å². The highest BCUT2D eigenvalue weighted by atomic mass is 16.5. The molecule has 2 N–H and O–H groups in total. The van der Waals surface area contributed by atoms with Crippen LogP contribution in [0.25, 0.3) is 5.57 Å². The number of aryl methyl sites for hydroxylation is 1. The van der Waals surface area contributed by atoms with Crippen molar-refractivity contribution in [2.45, 2.75) is 6.92 Å². The first-order valence-corrected chi connectivity index (χ1v) is 6.01. The van der Waals surface area contributed by atoms with Gasteiger partial charge >= 0.3 is 0 Å². The fourth-order valence-corrected chi connectivity index (χ4v) is 2.10. The molecule has 1 heterocycles. The highest BCUT2D eigenvalue weighted by molar-refractivity contribution is 6.33. The Morgan fingerprint density at radius 1 is 1.32 bits per heavy atom. The number of hydrogen-bond donors (Lipinski definition) is 1. The van der Waals surface area contributed by atoms with Gasteiger partial charge in [0.1, 0.15) is 5.75 Å². The first-order valence-electron chi connectivity index (χ1n) is 6.01. The van der Waals surface area contributed by atoms with E-state index in [1.54, 1.807) is 19.2 Å². The monoisotopic (exact) mass is 260 g/mol. The molecule has 0 spiro atoms. The maximum absolute atomic E-state index is 12.1. The van der Waals surface area contributed by atoms with Crippen molar-refractivity contribution in [1.29, 1.82) is 0 Å².